The molecule has 0 spiro atoms. The van der Waals surface area contributed by atoms with Gasteiger partial charge < -0.3 is 10.5 Å². The van der Waals surface area contributed by atoms with Gasteiger partial charge >= 0.3 is 0 Å². The van der Waals surface area contributed by atoms with E-state index in [1.165, 1.54) is 12.1 Å². The molecule has 0 amide bonds. The molecule has 2 nitrogen and oxygen atoms in total. The first-order valence-corrected chi connectivity index (χ1v) is 6.73. The van der Waals surface area contributed by atoms with Crippen LogP contribution in [0.2, 0.25) is 0 Å². The molecular formula is C17H17F2NO. The average molecular weight is 289 g/mol. The van der Waals surface area contributed by atoms with E-state index < -0.39 is 11.6 Å². The van der Waals surface area contributed by atoms with Crippen LogP contribution in [0.4, 0.5) is 8.78 Å². The third-order valence-electron chi connectivity index (χ3n) is 2.92. The number of benzene rings is 2. The molecule has 21 heavy (non-hydrogen) atoms. The normalized spacial score (nSPS) is 11.0. The van der Waals surface area contributed by atoms with Crippen molar-refractivity contribution in [2.45, 2.75) is 6.42 Å². The van der Waals surface area contributed by atoms with Gasteiger partial charge in [0.05, 0.1) is 0 Å². The maximum atomic E-state index is 13.8. The summed E-state index contributed by atoms with van der Waals surface area (Å²) in [5, 5.41) is 0. The second kappa shape index (κ2) is 7.55. The van der Waals surface area contributed by atoms with E-state index in [1.807, 2.05) is 36.4 Å². The summed E-state index contributed by atoms with van der Waals surface area (Å²) in [5.74, 6) is -1.76. The second-order valence-corrected chi connectivity index (χ2v) is 4.55. The molecule has 0 heterocycles. The third kappa shape index (κ3) is 4.39. The smallest absolute Gasteiger partial charge is 0.191 e. The maximum Gasteiger partial charge on any atom is 0.191 e. The minimum Gasteiger partial charge on any atom is -0.483 e. The molecule has 0 unspecified atom stereocenters. The van der Waals surface area contributed by atoms with Crippen molar-refractivity contribution in [3.8, 4) is 5.75 Å². The topological polar surface area (TPSA) is 35.2 Å². The van der Waals surface area contributed by atoms with E-state index in [9.17, 15) is 8.78 Å². The Kier molecular flexibility index (Phi) is 5.46. The fourth-order valence-electron chi connectivity index (χ4n) is 1.94. The molecule has 0 aliphatic rings. The van der Waals surface area contributed by atoms with Crippen LogP contribution in [0.1, 0.15) is 11.1 Å². The lowest BCUT2D eigenvalue weighted by Crippen LogP contribution is -2.05. The summed E-state index contributed by atoms with van der Waals surface area (Å²) in [4.78, 5) is 0. The molecule has 4 heteroatoms. The number of nitrogens with two attached hydrogens (primary N) is 1. The van der Waals surface area contributed by atoms with E-state index in [0.29, 0.717) is 18.5 Å². The van der Waals surface area contributed by atoms with E-state index in [1.54, 1.807) is 6.08 Å². The van der Waals surface area contributed by atoms with Crippen LogP contribution >= 0.6 is 0 Å². The number of ether oxygens (including phenoxy) is 1. The van der Waals surface area contributed by atoms with Gasteiger partial charge in [0.1, 0.15) is 6.61 Å². The predicted molar refractivity (Wildman–Crippen MR) is 80.1 cm³/mol. The molecule has 0 aliphatic carbocycles. The van der Waals surface area contributed by atoms with E-state index in [-0.39, 0.29) is 12.4 Å². The minimum atomic E-state index is -0.702. The van der Waals surface area contributed by atoms with Gasteiger partial charge in [0.25, 0.3) is 0 Å². The van der Waals surface area contributed by atoms with E-state index >= 15 is 0 Å². The Balaban J connectivity index is 1.99. The molecule has 2 rings (SSSR count). The summed E-state index contributed by atoms with van der Waals surface area (Å²) in [7, 11) is 0. The molecule has 0 aliphatic heterocycles. The highest BCUT2D eigenvalue weighted by molar-refractivity contribution is 5.48. The molecular weight excluding hydrogens is 272 g/mol. The van der Waals surface area contributed by atoms with Gasteiger partial charge in [0, 0.05) is 0 Å². The molecule has 2 aromatic carbocycles. The van der Waals surface area contributed by atoms with Crippen molar-refractivity contribution in [2.24, 2.45) is 5.73 Å². The van der Waals surface area contributed by atoms with Crippen molar-refractivity contribution >= 4 is 6.08 Å². The van der Waals surface area contributed by atoms with Gasteiger partial charge in [-0.05, 0) is 42.3 Å². The Morgan fingerprint density at radius 3 is 2.33 bits per heavy atom. The summed E-state index contributed by atoms with van der Waals surface area (Å²) in [6.07, 6.45) is 3.97. The van der Waals surface area contributed by atoms with Gasteiger partial charge in [0.2, 0.25) is 0 Å². The van der Waals surface area contributed by atoms with Crippen LogP contribution in [0.15, 0.2) is 48.5 Å². The molecule has 0 fully saturated rings. The first-order chi connectivity index (χ1) is 10.2. The lowest BCUT2D eigenvalue weighted by atomic mass is 10.1. The summed E-state index contributed by atoms with van der Waals surface area (Å²) in [5.41, 5.74) is 6.89. The average Bonchev–Trinajstić information content (AvgIpc) is 2.47. The van der Waals surface area contributed by atoms with Gasteiger partial charge in [-0.3, -0.25) is 0 Å². The van der Waals surface area contributed by atoms with Gasteiger partial charge in [0.15, 0.2) is 17.4 Å². The Labute approximate surface area is 122 Å². The lowest BCUT2D eigenvalue weighted by molar-refractivity contribution is 0.320. The Hall–Kier alpha value is -2.20. The predicted octanol–water partition coefficient (Wildman–Crippen LogP) is 3.56. The summed E-state index contributed by atoms with van der Waals surface area (Å²) in [6, 6.07) is 12.1. The monoisotopic (exact) mass is 289 g/mol. The second-order valence-electron chi connectivity index (χ2n) is 4.55. The van der Waals surface area contributed by atoms with Crippen LogP contribution in [0, 0.1) is 11.6 Å². The Bertz CT molecular complexity index is 588. The van der Waals surface area contributed by atoms with E-state index in [0.717, 1.165) is 5.56 Å². The van der Waals surface area contributed by atoms with Crippen molar-refractivity contribution in [1.29, 1.82) is 0 Å². The molecule has 0 saturated heterocycles. The number of hydrogen-bond donors (Lipinski definition) is 1. The van der Waals surface area contributed by atoms with Crippen LogP contribution in [-0.2, 0) is 6.42 Å². The number of hydrogen-bond acceptors (Lipinski definition) is 2. The Morgan fingerprint density at radius 2 is 1.71 bits per heavy atom. The highest BCUT2D eigenvalue weighted by Crippen LogP contribution is 2.23. The van der Waals surface area contributed by atoms with Gasteiger partial charge in [-0.15, -0.1) is 0 Å². The van der Waals surface area contributed by atoms with Gasteiger partial charge in [-0.2, -0.15) is 0 Å². The summed E-state index contributed by atoms with van der Waals surface area (Å²) < 4.78 is 32.7. The van der Waals surface area contributed by atoms with E-state index in [4.69, 9.17) is 10.5 Å². The van der Waals surface area contributed by atoms with Crippen LogP contribution in [0.25, 0.3) is 6.08 Å². The maximum absolute atomic E-state index is 13.8. The van der Waals surface area contributed by atoms with Gasteiger partial charge in [-0.1, -0.05) is 36.4 Å². The first kappa shape index (κ1) is 15.2. The zero-order valence-electron chi connectivity index (χ0n) is 11.6. The summed E-state index contributed by atoms with van der Waals surface area (Å²) >= 11 is 0. The van der Waals surface area contributed by atoms with Crippen molar-refractivity contribution < 1.29 is 13.5 Å². The first-order valence-electron chi connectivity index (χ1n) is 6.73. The van der Waals surface area contributed by atoms with E-state index in [2.05, 4.69) is 0 Å². The standard InChI is InChI=1S/C17H17F2NO/c18-15-11-14(8-9-20)12-16(19)17(15)21-10-4-7-13-5-2-1-3-6-13/h1-7,11-12H,8-10,20H2. The molecule has 2 aromatic rings. The highest BCUT2D eigenvalue weighted by Gasteiger charge is 2.11. The minimum absolute atomic E-state index is 0.0962. The summed E-state index contributed by atoms with van der Waals surface area (Å²) in [6.45, 7) is 0.442. The molecule has 0 aromatic heterocycles. The highest BCUT2D eigenvalue weighted by atomic mass is 19.1. The molecule has 0 radical (unpaired) electrons. The van der Waals surface area contributed by atoms with Crippen LogP contribution < -0.4 is 10.5 Å². The molecule has 0 atom stereocenters. The van der Waals surface area contributed by atoms with Crippen LogP contribution in [-0.4, -0.2) is 13.2 Å². The zero-order chi connectivity index (χ0) is 15.1. The zero-order valence-corrected chi connectivity index (χ0v) is 11.6. The van der Waals surface area contributed by atoms with Crippen molar-refractivity contribution in [2.75, 3.05) is 13.2 Å². The van der Waals surface area contributed by atoms with Crippen LogP contribution in [0.3, 0.4) is 0 Å². The molecule has 2 N–H and O–H groups in total. The molecule has 0 bridgehead atoms. The quantitative estimate of drug-likeness (QED) is 0.882. The number of halogens is 2. The Morgan fingerprint density at radius 1 is 1.05 bits per heavy atom. The fourth-order valence-corrected chi connectivity index (χ4v) is 1.94. The van der Waals surface area contributed by atoms with Crippen molar-refractivity contribution in [3.63, 3.8) is 0 Å². The van der Waals surface area contributed by atoms with Crippen molar-refractivity contribution in [1.82, 2.24) is 0 Å². The molecule has 0 saturated carbocycles. The number of rotatable bonds is 6. The fraction of sp³-hybridized carbons (Fsp3) is 0.176. The van der Waals surface area contributed by atoms with Gasteiger partial charge in [-0.25, -0.2) is 8.78 Å². The third-order valence-corrected chi connectivity index (χ3v) is 2.92. The SMILES string of the molecule is NCCc1cc(F)c(OCC=Cc2ccccc2)c(F)c1. The van der Waals surface area contributed by atoms with Crippen LogP contribution in [0.5, 0.6) is 5.75 Å². The molecule has 110 valence electrons. The largest absolute Gasteiger partial charge is 0.483 e. The van der Waals surface area contributed by atoms with Crippen molar-refractivity contribution in [3.05, 3.63) is 71.3 Å². The lowest BCUT2D eigenvalue weighted by Gasteiger charge is -2.08.